The van der Waals surface area contributed by atoms with Crippen molar-refractivity contribution >= 4 is 38.7 Å². The quantitative estimate of drug-likeness (QED) is 0.311. The normalized spacial score (nSPS) is 11.0. The molecular formula is C14H10IO6S-. The largest absolute Gasteiger partial charge is 0.744 e. The molecule has 0 aromatic heterocycles. The van der Waals surface area contributed by atoms with Gasteiger partial charge in [-0.15, -0.1) is 0 Å². The van der Waals surface area contributed by atoms with Gasteiger partial charge in [-0.05, 0) is 71.1 Å². The van der Waals surface area contributed by atoms with Gasteiger partial charge >= 0.3 is 5.97 Å². The number of ether oxygens (including phenoxy) is 2. The van der Waals surface area contributed by atoms with E-state index in [0.717, 1.165) is 15.7 Å². The van der Waals surface area contributed by atoms with Crippen LogP contribution in [0.1, 0.15) is 0 Å². The number of carbonyl (C=O) groups excluding carboxylic acids is 1. The fourth-order valence-electron chi connectivity index (χ4n) is 1.51. The first-order valence-electron chi connectivity index (χ1n) is 5.99. The zero-order valence-corrected chi connectivity index (χ0v) is 14.0. The molecule has 0 saturated heterocycles. The van der Waals surface area contributed by atoms with E-state index in [-0.39, 0.29) is 17.3 Å². The van der Waals surface area contributed by atoms with Gasteiger partial charge in [0.1, 0.15) is 21.6 Å². The number of rotatable bonds is 5. The summed E-state index contributed by atoms with van der Waals surface area (Å²) in [6.45, 7) is -0.338. The first-order chi connectivity index (χ1) is 10.3. The topological polar surface area (TPSA) is 92.7 Å². The van der Waals surface area contributed by atoms with E-state index >= 15 is 0 Å². The number of esters is 1. The predicted octanol–water partition coefficient (Wildman–Crippen LogP) is 2.18. The molecular weight excluding hydrogens is 423 g/mol. The molecule has 22 heavy (non-hydrogen) atoms. The molecule has 0 radical (unpaired) electrons. The molecule has 0 amide bonds. The minimum absolute atomic E-state index is 0.256. The smallest absolute Gasteiger partial charge is 0.349 e. The molecule has 0 unspecified atom stereocenters. The molecule has 0 bridgehead atoms. The molecule has 0 heterocycles. The second kappa shape index (κ2) is 7.07. The van der Waals surface area contributed by atoms with Crippen LogP contribution in [0.5, 0.6) is 11.5 Å². The molecule has 116 valence electrons. The number of hydrogen-bond donors (Lipinski definition) is 0. The molecule has 0 aliphatic rings. The molecule has 0 aliphatic carbocycles. The third kappa shape index (κ3) is 4.97. The van der Waals surface area contributed by atoms with Crippen LogP contribution in [0.2, 0.25) is 0 Å². The van der Waals surface area contributed by atoms with E-state index in [2.05, 4.69) is 22.6 Å². The van der Waals surface area contributed by atoms with Crippen LogP contribution in [0.3, 0.4) is 0 Å². The van der Waals surface area contributed by atoms with Crippen molar-refractivity contribution < 1.29 is 27.2 Å². The number of benzene rings is 2. The Hall–Kier alpha value is -1.65. The maximum absolute atomic E-state index is 11.6. The Bertz CT molecular complexity index is 753. The second-order valence-corrected chi connectivity index (χ2v) is 6.77. The van der Waals surface area contributed by atoms with E-state index in [1.54, 1.807) is 24.3 Å². The first kappa shape index (κ1) is 16.7. The number of halogens is 1. The molecule has 0 aliphatic heterocycles. The van der Waals surface area contributed by atoms with Crippen molar-refractivity contribution in [3.63, 3.8) is 0 Å². The van der Waals surface area contributed by atoms with Gasteiger partial charge in [0.15, 0.2) is 6.61 Å². The summed E-state index contributed by atoms with van der Waals surface area (Å²) in [4.78, 5) is 11.2. The van der Waals surface area contributed by atoms with Crippen molar-refractivity contribution in [2.75, 3.05) is 6.61 Å². The van der Waals surface area contributed by atoms with Gasteiger partial charge in [-0.1, -0.05) is 0 Å². The zero-order chi connectivity index (χ0) is 16.2. The van der Waals surface area contributed by atoms with E-state index in [1.807, 2.05) is 0 Å². The minimum atomic E-state index is -4.49. The molecule has 0 atom stereocenters. The SMILES string of the molecule is O=C(COc1ccc(S(=O)(=O)[O-])cc1)Oc1ccc(I)cc1. The lowest BCUT2D eigenvalue weighted by Gasteiger charge is -2.09. The predicted molar refractivity (Wildman–Crippen MR) is 84.7 cm³/mol. The third-order valence-electron chi connectivity index (χ3n) is 2.51. The van der Waals surface area contributed by atoms with Crippen LogP contribution >= 0.6 is 22.6 Å². The zero-order valence-electron chi connectivity index (χ0n) is 11.1. The molecule has 0 fully saturated rings. The fraction of sp³-hybridized carbons (Fsp3) is 0.0714. The summed E-state index contributed by atoms with van der Waals surface area (Å²) in [5.41, 5.74) is 0. The summed E-state index contributed by atoms with van der Waals surface area (Å²) in [6, 6.07) is 11.7. The highest BCUT2D eigenvalue weighted by Crippen LogP contribution is 2.16. The molecule has 8 heteroatoms. The van der Waals surface area contributed by atoms with Crippen LogP contribution in [0.4, 0.5) is 0 Å². The molecule has 0 spiro atoms. The lowest BCUT2D eigenvalue weighted by molar-refractivity contribution is -0.136. The summed E-state index contributed by atoms with van der Waals surface area (Å²) in [5, 5.41) is 0. The van der Waals surface area contributed by atoms with Crippen LogP contribution in [0, 0.1) is 3.57 Å². The Morgan fingerprint density at radius 2 is 1.55 bits per heavy atom. The van der Waals surface area contributed by atoms with Crippen molar-refractivity contribution in [3.8, 4) is 11.5 Å². The van der Waals surface area contributed by atoms with Crippen molar-refractivity contribution in [1.82, 2.24) is 0 Å². The Kier molecular flexibility index (Phi) is 5.37. The summed E-state index contributed by atoms with van der Waals surface area (Å²) in [6.07, 6.45) is 0. The van der Waals surface area contributed by atoms with E-state index in [4.69, 9.17) is 9.47 Å². The van der Waals surface area contributed by atoms with Crippen LogP contribution in [-0.2, 0) is 14.9 Å². The monoisotopic (exact) mass is 433 g/mol. The summed E-state index contributed by atoms with van der Waals surface area (Å²) in [5.74, 6) is 0.0653. The third-order valence-corrected chi connectivity index (χ3v) is 4.08. The van der Waals surface area contributed by atoms with Gasteiger partial charge < -0.3 is 14.0 Å². The van der Waals surface area contributed by atoms with Gasteiger partial charge in [-0.2, -0.15) is 0 Å². The van der Waals surface area contributed by atoms with Crippen LogP contribution in [0.25, 0.3) is 0 Å². The van der Waals surface area contributed by atoms with Gasteiger partial charge in [0, 0.05) is 3.57 Å². The average Bonchev–Trinajstić information content (AvgIpc) is 2.47. The number of hydrogen-bond acceptors (Lipinski definition) is 6. The maximum atomic E-state index is 11.6. The lowest BCUT2D eigenvalue weighted by atomic mass is 10.3. The van der Waals surface area contributed by atoms with Crippen molar-refractivity contribution in [1.29, 1.82) is 0 Å². The Morgan fingerprint density at radius 3 is 2.09 bits per heavy atom. The molecule has 0 saturated carbocycles. The van der Waals surface area contributed by atoms with E-state index < -0.39 is 16.1 Å². The highest BCUT2D eigenvalue weighted by atomic mass is 127. The van der Waals surface area contributed by atoms with Gasteiger partial charge in [0.2, 0.25) is 0 Å². The van der Waals surface area contributed by atoms with Crippen molar-refractivity contribution in [2.45, 2.75) is 4.90 Å². The molecule has 2 aromatic carbocycles. The maximum Gasteiger partial charge on any atom is 0.349 e. The van der Waals surface area contributed by atoms with E-state index in [9.17, 15) is 17.8 Å². The number of carbonyl (C=O) groups is 1. The van der Waals surface area contributed by atoms with Gasteiger partial charge in [0.25, 0.3) is 0 Å². The molecule has 2 rings (SSSR count). The highest BCUT2D eigenvalue weighted by molar-refractivity contribution is 14.1. The second-order valence-electron chi connectivity index (χ2n) is 4.14. The average molecular weight is 433 g/mol. The van der Waals surface area contributed by atoms with Crippen LogP contribution in [0.15, 0.2) is 53.4 Å². The van der Waals surface area contributed by atoms with E-state index in [1.165, 1.54) is 12.1 Å². The summed E-state index contributed by atoms with van der Waals surface area (Å²) < 4.78 is 43.5. The Labute approximate surface area is 140 Å². The van der Waals surface area contributed by atoms with Gasteiger partial charge in [-0.25, -0.2) is 13.2 Å². The molecule has 6 nitrogen and oxygen atoms in total. The fourth-order valence-corrected chi connectivity index (χ4v) is 2.34. The van der Waals surface area contributed by atoms with Crippen LogP contribution < -0.4 is 9.47 Å². The summed E-state index contributed by atoms with van der Waals surface area (Å²) >= 11 is 2.13. The van der Waals surface area contributed by atoms with Crippen molar-refractivity contribution in [3.05, 3.63) is 52.1 Å². The minimum Gasteiger partial charge on any atom is -0.744 e. The molecule has 0 N–H and O–H groups in total. The van der Waals surface area contributed by atoms with Gasteiger partial charge in [-0.3, -0.25) is 0 Å². The Morgan fingerprint density at radius 1 is 1.00 bits per heavy atom. The highest BCUT2D eigenvalue weighted by Gasteiger charge is 2.07. The van der Waals surface area contributed by atoms with Gasteiger partial charge in [0.05, 0.1) is 4.90 Å². The lowest BCUT2D eigenvalue weighted by Crippen LogP contribution is -2.17. The Balaban J connectivity index is 1.89. The van der Waals surface area contributed by atoms with E-state index in [0.29, 0.717) is 5.75 Å². The van der Waals surface area contributed by atoms with Crippen molar-refractivity contribution in [2.24, 2.45) is 0 Å². The van der Waals surface area contributed by atoms with Crippen LogP contribution in [-0.4, -0.2) is 25.5 Å². The first-order valence-corrected chi connectivity index (χ1v) is 8.48. The summed E-state index contributed by atoms with van der Waals surface area (Å²) in [7, 11) is -4.49. The molecule has 2 aromatic rings. The standard InChI is InChI=1S/C14H11IO6S/c15-10-1-3-12(4-2-10)21-14(16)9-20-11-5-7-13(8-6-11)22(17,18)19/h1-8H,9H2,(H,17,18,19)/p-1.